The van der Waals surface area contributed by atoms with Gasteiger partial charge in [0.15, 0.2) is 12.1 Å². The lowest BCUT2D eigenvalue weighted by Crippen LogP contribution is -2.39. The minimum atomic E-state index is -4.86. The Balaban J connectivity index is 1.83. The van der Waals surface area contributed by atoms with Crippen LogP contribution in [0.3, 0.4) is 0 Å². The lowest BCUT2D eigenvalue weighted by molar-refractivity contribution is -0.113. The second kappa shape index (κ2) is 11.8. The number of aliphatic hydroxyl groups is 2. The van der Waals surface area contributed by atoms with Gasteiger partial charge in [-0.3, -0.25) is 9.13 Å². The number of nitrogens with zero attached hydrogens (tertiary/aromatic N) is 3. The van der Waals surface area contributed by atoms with Crippen LogP contribution in [0.15, 0.2) is 36.5 Å². The van der Waals surface area contributed by atoms with Crippen LogP contribution >= 0.6 is 26.8 Å². The Kier molecular flexibility index (Phi) is 9.46. The molecule has 1 unspecified atom stereocenters. The van der Waals surface area contributed by atoms with Gasteiger partial charge in [0.05, 0.1) is 18.0 Å². The van der Waals surface area contributed by atoms with Crippen LogP contribution in [0.5, 0.6) is 0 Å². The van der Waals surface area contributed by atoms with Crippen LogP contribution < -0.4 is 5.32 Å². The van der Waals surface area contributed by atoms with Crippen molar-refractivity contribution in [3.05, 3.63) is 53.2 Å². The number of hydrogen-bond acceptors (Lipinski definition) is 9. The normalized spacial score (nSPS) is 17.2. The molecule has 0 bridgehead atoms. The molecule has 3 aromatic rings. The molecule has 5 atom stereocenters. The fourth-order valence-electron chi connectivity index (χ4n) is 3.57. The van der Waals surface area contributed by atoms with Gasteiger partial charge < -0.3 is 44.0 Å². The summed E-state index contributed by atoms with van der Waals surface area (Å²) in [5.74, 6) is -1.61. The Bertz CT molecular complexity index is 1340. The number of methoxy groups -OCH3 is 1. The van der Waals surface area contributed by atoms with E-state index in [1.54, 1.807) is 25.1 Å². The third-order valence-corrected chi connectivity index (χ3v) is 8.97. The summed E-state index contributed by atoms with van der Waals surface area (Å²) in [6.07, 6.45) is -3.49. The number of hydrogen-bond donors (Lipinski definition) is 6. The summed E-state index contributed by atoms with van der Waals surface area (Å²) >= 11 is 6.08. The molecule has 0 aliphatic heterocycles. The minimum Gasteiger partial charge on any atom is -0.386 e. The van der Waals surface area contributed by atoms with Gasteiger partial charge >= 0.3 is 15.2 Å². The molecule has 0 saturated heterocycles. The van der Waals surface area contributed by atoms with E-state index in [1.165, 1.54) is 18.3 Å². The largest absolute Gasteiger partial charge is 0.386 e. The van der Waals surface area contributed by atoms with Gasteiger partial charge in [-0.2, -0.15) is 4.98 Å². The summed E-state index contributed by atoms with van der Waals surface area (Å²) in [7, 11) is -8.44. The molecular weight excluding hydrogens is 557 g/mol. The first-order chi connectivity index (χ1) is 17.2. The number of rotatable bonds is 12. The van der Waals surface area contributed by atoms with Gasteiger partial charge in [0, 0.05) is 18.9 Å². The topological polar surface area (TPSA) is 196 Å². The molecule has 3 rings (SSSR count). The van der Waals surface area contributed by atoms with Crippen LogP contribution in [-0.4, -0.2) is 71.3 Å². The van der Waals surface area contributed by atoms with Crippen LogP contribution in [-0.2, 0) is 18.4 Å². The molecule has 6 N–H and O–H groups in total. The van der Waals surface area contributed by atoms with E-state index in [0.717, 1.165) is 11.7 Å². The number of ether oxygens (including phenoxy) is 1. The summed E-state index contributed by atoms with van der Waals surface area (Å²) in [6.45, 7) is 0.940. The molecule has 17 heteroatoms. The van der Waals surface area contributed by atoms with Crippen molar-refractivity contribution in [3.63, 3.8) is 0 Å². The van der Waals surface area contributed by atoms with E-state index in [-0.39, 0.29) is 16.7 Å². The second-order valence-electron chi connectivity index (χ2n) is 8.11. The van der Waals surface area contributed by atoms with Crippen LogP contribution in [0.1, 0.15) is 24.8 Å². The van der Waals surface area contributed by atoms with Crippen LogP contribution in [0, 0.1) is 5.82 Å². The van der Waals surface area contributed by atoms with Crippen molar-refractivity contribution in [3.8, 4) is 0 Å². The van der Waals surface area contributed by atoms with Gasteiger partial charge in [-0.05, 0) is 30.7 Å². The zero-order valence-corrected chi connectivity index (χ0v) is 22.1. The van der Waals surface area contributed by atoms with Gasteiger partial charge in [0.2, 0.25) is 5.28 Å². The zero-order chi connectivity index (χ0) is 27.5. The van der Waals surface area contributed by atoms with Crippen molar-refractivity contribution in [2.24, 2.45) is 0 Å². The number of nitrogens with one attached hydrogen (secondary N) is 1. The van der Waals surface area contributed by atoms with E-state index in [2.05, 4.69) is 15.3 Å². The highest BCUT2D eigenvalue weighted by atomic mass is 35.5. The quantitative estimate of drug-likeness (QED) is 0.135. The predicted octanol–water partition coefficient (Wildman–Crippen LogP) is 2.60. The molecule has 2 aromatic heterocycles. The lowest BCUT2D eigenvalue weighted by atomic mass is 10.1. The van der Waals surface area contributed by atoms with Crippen LogP contribution in [0.4, 0.5) is 10.2 Å². The molecule has 0 aliphatic rings. The van der Waals surface area contributed by atoms with Crippen molar-refractivity contribution in [2.75, 3.05) is 24.9 Å². The number of fused-ring (bicyclic) bond motifs is 1. The average Bonchev–Trinajstić information content (AvgIpc) is 3.21. The molecule has 204 valence electrons. The summed E-state index contributed by atoms with van der Waals surface area (Å²) < 4.78 is 48.0. The molecule has 1 aromatic carbocycles. The lowest BCUT2D eigenvalue weighted by Gasteiger charge is -2.27. The van der Waals surface area contributed by atoms with Gasteiger partial charge in [-0.15, -0.1) is 0 Å². The van der Waals surface area contributed by atoms with Gasteiger partial charge in [0.1, 0.15) is 29.5 Å². The highest BCUT2D eigenvalue weighted by Gasteiger charge is 2.35. The third-order valence-electron chi connectivity index (χ3n) is 5.35. The Morgan fingerprint density at radius 2 is 1.84 bits per heavy atom. The van der Waals surface area contributed by atoms with E-state index >= 15 is 0 Å². The summed E-state index contributed by atoms with van der Waals surface area (Å²) in [4.78, 5) is 35.7. The molecule has 0 radical (unpaired) electrons. The molecule has 0 saturated carbocycles. The number of anilines is 1. The molecule has 0 aliphatic carbocycles. The van der Waals surface area contributed by atoms with E-state index in [1.807, 2.05) is 0 Å². The zero-order valence-electron chi connectivity index (χ0n) is 19.5. The Labute approximate surface area is 215 Å². The van der Waals surface area contributed by atoms with Crippen LogP contribution in [0.2, 0.25) is 5.28 Å². The summed E-state index contributed by atoms with van der Waals surface area (Å²) in [5.41, 5.74) is 0.475. The predicted molar refractivity (Wildman–Crippen MR) is 132 cm³/mol. The Hall–Kier alpha value is -1.96. The minimum absolute atomic E-state index is 0.0971. The third kappa shape index (κ3) is 7.55. The van der Waals surface area contributed by atoms with Crippen molar-refractivity contribution in [1.82, 2.24) is 14.5 Å². The van der Waals surface area contributed by atoms with Crippen LogP contribution in [0.25, 0.3) is 11.0 Å². The molecule has 2 heterocycles. The van der Waals surface area contributed by atoms with Gasteiger partial charge in [0.25, 0.3) is 0 Å². The fourth-order valence-corrected chi connectivity index (χ4v) is 6.30. The van der Waals surface area contributed by atoms with Gasteiger partial charge in [-0.1, -0.05) is 18.2 Å². The van der Waals surface area contributed by atoms with E-state index in [9.17, 15) is 28.6 Å². The maximum absolute atomic E-state index is 14.2. The highest BCUT2D eigenvalue weighted by Crippen LogP contribution is 2.55. The first-order valence-corrected chi connectivity index (χ1v) is 14.6. The van der Waals surface area contributed by atoms with Crippen molar-refractivity contribution in [2.45, 2.75) is 31.4 Å². The van der Waals surface area contributed by atoms with Crippen molar-refractivity contribution < 1.29 is 47.7 Å². The second-order valence-corrected chi connectivity index (χ2v) is 12.4. The standard InChI is InChI=1S/C20H26ClFN4O9P2/c1-11(12-5-3-4-6-14(12)22)23-17-13-7-8-26(18(13)25-20(21)24-17)19(28)16(27)15(34-2)9-35-37(32,33)10-36(29,30)31/h3-8,11,15-16,19,27-28H,9-10H2,1-2H3,(H,32,33)(H,23,24,25)(H2,29,30,31)/t11-,15+,16+,19+/m0/s1. The highest BCUT2D eigenvalue weighted by molar-refractivity contribution is 7.70. The Morgan fingerprint density at radius 3 is 2.46 bits per heavy atom. The van der Waals surface area contributed by atoms with E-state index < -0.39 is 58.0 Å². The molecule has 37 heavy (non-hydrogen) atoms. The molecule has 0 spiro atoms. The van der Waals surface area contributed by atoms with E-state index in [0.29, 0.717) is 10.9 Å². The van der Waals surface area contributed by atoms with Crippen molar-refractivity contribution >= 4 is 43.6 Å². The summed E-state index contributed by atoms with van der Waals surface area (Å²) in [5, 5.41) is 24.7. The van der Waals surface area contributed by atoms with E-state index in [4.69, 9.17) is 30.6 Å². The summed E-state index contributed by atoms with van der Waals surface area (Å²) in [6, 6.07) is 7.18. The monoisotopic (exact) mass is 582 g/mol. The number of benzene rings is 1. The SMILES string of the molecule is CO[C@H](COP(=O)(O)CP(=O)(O)O)[C@@H](O)[C@@H](O)n1ccc2c(N[C@@H](C)c3ccccc3F)nc(Cl)nc21. The first-order valence-electron chi connectivity index (χ1n) is 10.7. The first kappa shape index (κ1) is 29.6. The number of halogens is 2. The maximum Gasteiger partial charge on any atom is 0.340 e. The fraction of sp³-hybridized carbons (Fsp3) is 0.400. The molecule has 0 amide bonds. The molecule has 0 fully saturated rings. The molecular formula is C20H26ClFN4O9P2. The van der Waals surface area contributed by atoms with Crippen molar-refractivity contribution in [1.29, 1.82) is 0 Å². The average molecular weight is 583 g/mol. The maximum atomic E-state index is 14.2. The smallest absolute Gasteiger partial charge is 0.340 e. The molecule has 13 nitrogen and oxygen atoms in total. The number of aromatic nitrogens is 3. The Morgan fingerprint density at radius 1 is 1.16 bits per heavy atom. The van der Waals surface area contributed by atoms with Gasteiger partial charge in [-0.25, -0.2) is 9.37 Å². The number of aliphatic hydroxyl groups excluding tert-OH is 2.